The van der Waals surface area contributed by atoms with Crippen molar-refractivity contribution < 1.29 is 4.92 Å². The molecule has 0 atom stereocenters. The minimum absolute atomic E-state index is 0.155. The van der Waals surface area contributed by atoms with Crippen molar-refractivity contribution in [2.45, 2.75) is 26.4 Å². The van der Waals surface area contributed by atoms with Crippen LogP contribution in [-0.2, 0) is 6.54 Å². The van der Waals surface area contributed by atoms with Crippen LogP contribution in [0.15, 0.2) is 48.5 Å². The molecule has 0 spiro atoms. The molecule has 0 aliphatic carbocycles. The maximum atomic E-state index is 10.9. The molecular formula is C16H17IN2O2. The van der Waals surface area contributed by atoms with E-state index in [1.54, 1.807) is 6.07 Å². The summed E-state index contributed by atoms with van der Waals surface area (Å²) < 4.78 is 0.661. The van der Waals surface area contributed by atoms with Gasteiger partial charge in [0.25, 0.3) is 5.69 Å². The second-order valence-electron chi connectivity index (χ2n) is 5.10. The number of nitro benzene ring substituents is 1. The molecule has 4 nitrogen and oxygen atoms in total. The van der Waals surface area contributed by atoms with Crippen LogP contribution in [0.5, 0.6) is 0 Å². The van der Waals surface area contributed by atoms with Gasteiger partial charge < -0.3 is 4.90 Å². The fraction of sp³-hybridized carbons (Fsp3) is 0.250. The molecule has 0 aliphatic rings. The molecule has 0 aromatic heterocycles. The average molecular weight is 396 g/mol. The summed E-state index contributed by atoms with van der Waals surface area (Å²) in [7, 11) is 0. The van der Waals surface area contributed by atoms with Gasteiger partial charge in [0.2, 0.25) is 0 Å². The van der Waals surface area contributed by atoms with E-state index in [0.29, 0.717) is 9.61 Å². The molecule has 0 bridgehead atoms. The Bertz CT molecular complexity index is 629. The zero-order valence-corrected chi connectivity index (χ0v) is 14.1. The van der Waals surface area contributed by atoms with Crippen molar-refractivity contribution in [3.05, 3.63) is 67.8 Å². The standard InChI is InChI=1S/C16H17IN2O2/c1-12(2)18(11-13-6-4-3-5-7-13)14-8-9-16(19(20)21)15(17)10-14/h3-10,12H,11H2,1-2H3. The Balaban J connectivity index is 2.31. The Morgan fingerprint density at radius 2 is 1.86 bits per heavy atom. The maximum absolute atomic E-state index is 10.9. The van der Waals surface area contributed by atoms with Crippen LogP contribution in [-0.4, -0.2) is 11.0 Å². The molecule has 0 heterocycles. The summed E-state index contributed by atoms with van der Waals surface area (Å²) in [5.74, 6) is 0. The fourth-order valence-electron chi connectivity index (χ4n) is 2.17. The van der Waals surface area contributed by atoms with Gasteiger partial charge in [-0.1, -0.05) is 30.3 Å². The molecule has 110 valence electrons. The molecule has 0 saturated carbocycles. The van der Waals surface area contributed by atoms with Crippen LogP contribution in [0.25, 0.3) is 0 Å². The number of nitro groups is 1. The van der Waals surface area contributed by atoms with Crippen molar-refractivity contribution in [1.82, 2.24) is 0 Å². The van der Waals surface area contributed by atoms with E-state index in [1.807, 2.05) is 52.9 Å². The fourth-order valence-corrected chi connectivity index (χ4v) is 2.87. The maximum Gasteiger partial charge on any atom is 0.282 e. The summed E-state index contributed by atoms with van der Waals surface area (Å²) in [5, 5.41) is 10.9. The molecule has 0 unspecified atom stereocenters. The van der Waals surface area contributed by atoms with Gasteiger partial charge in [0.05, 0.1) is 8.49 Å². The lowest BCUT2D eigenvalue weighted by Crippen LogP contribution is -2.30. The first kappa shape index (κ1) is 15.8. The highest BCUT2D eigenvalue weighted by atomic mass is 127. The van der Waals surface area contributed by atoms with Crippen LogP contribution < -0.4 is 4.90 Å². The second kappa shape index (κ2) is 6.89. The summed E-state index contributed by atoms with van der Waals surface area (Å²) in [6, 6.07) is 15.8. The third-order valence-corrected chi connectivity index (χ3v) is 4.14. The number of hydrogen-bond donors (Lipinski definition) is 0. The first-order valence-corrected chi connectivity index (χ1v) is 7.81. The normalized spacial score (nSPS) is 10.7. The van der Waals surface area contributed by atoms with Gasteiger partial charge in [-0.05, 0) is 54.1 Å². The highest BCUT2D eigenvalue weighted by molar-refractivity contribution is 14.1. The number of rotatable bonds is 5. The molecule has 0 N–H and O–H groups in total. The zero-order chi connectivity index (χ0) is 15.4. The third kappa shape index (κ3) is 3.93. The van der Waals surface area contributed by atoms with Crippen molar-refractivity contribution in [3.63, 3.8) is 0 Å². The molecule has 5 heteroatoms. The lowest BCUT2D eigenvalue weighted by Gasteiger charge is -2.29. The smallest absolute Gasteiger partial charge is 0.282 e. The van der Waals surface area contributed by atoms with Gasteiger partial charge in [-0.3, -0.25) is 10.1 Å². The molecule has 0 amide bonds. The van der Waals surface area contributed by atoms with Crippen molar-refractivity contribution in [2.75, 3.05) is 4.90 Å². The van der Waals surface area contributed by atoms with Crippen LogP contribution in [0.3, 0.4) is 0 Å². The topological polar surface area (TPSA) is 46.4 Å². The van der Waals surface area contributed by atoms with E-state index < -0.39 is 0 Å². The van der Waals surface area contributed by atoms with Crippen LogP contribution in [0.4, 0.5) is 11.4 Å². The Kier molecular flexibility index (Phi) is 5.17. The zero-order valence-electron chi connectivity index (χ0n) is 12.0. The van der Waals surface area contributed by atoms with E-state index in [4.69, 9.17) is 0 Å². The number of nitrogens with zero attached hydrogens (tertiary/aromatic N) is 2. The van der Waals surface area contributed by atoms with E-state index in [9.17, 15) is 10.1 Å². The largest absolute Gasteiger partial charge is 0.365 e. The molecule has 2 rings (SSSR count). The Labute approximate surface area is 138 Å². The van der Waals surface area contributed by atoms with Crippen molar-refractivity contribution in [2.24, 2.45) is 0 Å². The van der Waals surface area contributed by atoms with Gasteiger partial charge in [0, 0.05) is 24.3 Å². The van der Waals surface area contributed by atoms with E-state index >= 15 is 0 Å². The molecular weight excluding hydrogens is 379 g/mol. The average Bonchev–Trinajstić information content (AvgIpc) is 2.45. The summed E-state index contributed by atoms with van der Waals surface area (Å²) in [5.41, 5.74) is 2.38. The van der Waals surface area contributed by atoms with Gasteiger partial charge >= 0.3 is 0 Å². The Morgan fingerprint density at radius 3 is 2.38 bits per heavy atom. The van der Waals surface area contributed by atoms with E-state index in [2.05, 4.69) is 30.9 Å². The van der Waals surface area contributed by atoms with Gasteiger partial charge in [-0.2, -0.15) is 0 Å². The van der Waals surface area contributed by atoms with Gasteiger partial charge in [0.15, 0.2) is 0 Å². The van der Waals surface area contributed by atoms with Gasteiger partial charge in [-0.15, -0.1) is 0 Å². The van der Waals surface area contributed by atoms with Crippen LogP contribution in [0, 0.1) is 13.7 Å². The quantitative estimate of drug-likeness (QED) is 0.421. The number of halogens is 1. The molecule has 0 aliphatic heterocycles. The highest BCUT2D eigenvalue weighted by Crippen LogP contribution is 2.28. The molecule has 0 fully saturated rings. The molecule has 2 aromatic carbocycles. The predicted molar refractivity (Wildman–Crippen MR) is 93.6 cm³/mol. The number of anilines is 1. The van der Waals surface area contributed by atoms with Crippen LogP contribution in [0.1, 0.15) is 19.4 Å². The van der Waals surface area contributed by atoms with E-state index in [-0.39, 0.29) is 10.6 Å². The molecule has 0 radical (unpaired) electrons. The number of benzene rings is 2. The lowest BCUT2D eigenvalue weighted by molar-refractivity contribution is -0.385. The first-order chi connectivity index (χ1) is 9.99. The monoisotopic (exact) mass is 396 g/mol. The summed E-state index contributed by atoms with van der Waals surface area (Å²) in [6.45, 7) is 5.03. The van der Waals surface area contributed by atoms with Crippen LogP contribution in [0.2, 0.25) is 0 Å². The molecule has 0 saturated heterocycles. The summed E-state index contributed by atoms with van der Waals surface area (Å²) >= 11 is 2.02. The lowest BCUT2D eigenvalue weighted by atomic mass is 10.1. The second-order valence-corrected chi connectivity index (χ2v) is 6.26. The van der Waals surface area contributed by atoms with Gasteiger partial charge in [-0.25, -0.2) is 0 Å². The highest BCUT2D eigenvalue weighted by Gasteiger charge is 2.16. The Morgan fingerprint density at radius 1 is 1.19 bits per heavy atom. The molecule has 21 heavy (non-hydrogen) atoms. The molecule has 2 aromatic rings. The van der Waals surface area contributed by atoms with Crippen molar-refractivity contribution in [1.29, 1.82) is 0 Å². The minimum atomic E-state index is -0.345. The minimum Gasteiger partial charge on any atom is -0.365 e. The van der Waals surface area contributed by atoms with Crippen molar-refractivity contribution >= 4 is 34.0 Å². The van der Waals surface area contributed by atoms with E-state index in [0.717, 1.165) is 12.2 Å². The van der Waals surface area contributed by atoms with Crippen LogP contribution >= 0.6 is 22.6 Å². The third-order valence-electron chi connectivity index (χ3n) is 3.28. The first-order valence-electron chi connectivity index (χ1n) is 6.73. The summed E-state index contributed by atoms with van der Waals surface area (Å²) in [6.07, 6.45) is 0. The Hall–Kier alpha value is -1.63. The van der Waals surface area contributed by atoms with Gasteiger partial charge in [0.1, 0.15) is 0 Å². The SMILES string of the molecule is CC(C)N(Cc1ccccc1)c1ccc([N+](=O)[O-])c(I)c1. The number of hydrogen-bond acceptors (Lipinski definition) is 3. The predicted octanol–water partition coefficient (Wildman–Crippen LogP) is 4.61. The van der Waals surface area contributed by atoms with Crippen molar-refractivity contribution in [3.8, 4) is 0 Å². The van der Waals surface area contributed by atoms with E-state index in [1.165, 1.54) is 5.56 Å². The summed E-state index contributed by atoms with van der Waals surface area (Å²) in [4.78, 5) is 12.8.